The molecule has 56 valence electrons. The number of aromatic carboxylic acids is 1. The molecule has 0 atom stereocenters. The molecule has 0 saturated carbocycles. The third kappa shape index (κ3) is 2.67. The fourth-order valence-electron chi connectivity index (χ4n) is 0.722. The summed E-state index contributed by atoms with van der Waals surface area (Å²) in [6, 6.07) is 7.75. The van der Waals surface area contributed by atoms with E-state index in [9.17, 15) is 4.79 Å². The normalized spacial score (nSPS) is 7.92. The van der Waals surface area contributed by atoms with E-state index < -0.39 is 5.97 Å². The van der Waals surface area contributed by atoms with Crippen LogP contribution in [0, 0.1) is 11.3 Å². The molecule has 1 aromatic rings. The van der Waals surface area contributed by atoms with Crippen LogP contribution in [0.4, 0.5) is 0 Å². The van der Waals surface area contributed by atoms with Crippen molar-refractivity contribution in [2.45, 2.75) is 0 Å². The Bertz CT molecular complexity index is 330. The monoisotopic (exact) mass is 171 g/mol. The van der Waals surface area contributed by atoms with E-state index in [4.69, 9.17) is 10.4 Å². The number of carboxylic acids is 1. The van der Waals surface area contributed by atoms with Gasteiger partial charge in [-0.05, 0) is 18.2 Å². The van der Waals surface area contributed by atoms with E-state index in [-0.39, 0.29) is 35.1 Å². The van der Waals surface area contributed by atoms with Crippen LogP contribution in [0.5, 0.6) is 0 Å². The maximum atomic E-state index is 10.4. The first-order valence-electron chi connectivity index (χ1n) is 2.97. The van der Waals surface area contributed by atoms with E-state index in [0.29, 0.717) is 5.56 Å². The summed E-state index contributed by atoms with van der Waals surface area (Å²) in [5.41, 5.74) is 0.508. The second kappa shape index (κ2) is 4.94. The number of benzene rings is 1. The van der Waals surface area contributed by atoms with Gasteiger partial charge in [-0.3, -0.25) is 0 Å². The van der Waals surface area contributed by atoms with Crippen LogP contribution in [0.3, 0.4) is 0 Å². The van der Waals surface area contributed by atoms with Gasteiger partial charge >= 0.3 is 35.5 Å². The molecule has 3 nitrogen and oxygen atoms in total. The fourth-order valence-corrected chi connectivity index (χ4v) is 0.722. The number of hydrogen-bond donors (Lipinski definition) is 1. The number of hydrogen-bond acceptors (Lipinski definition) is 2. The zero-order valence-corrected chi connectivity index (χ0v) is 5.61. The number of nitrogens with zero attached hydrogens (tertiary/aromatic N) is 1. The van der Waals surface area contributed by atoms with E-state index >= 15 is 0 Å². The molecule has 12 heavy (non-hydrogen) atoms. The van der Waals surface area contributed by atoms with Gasteiger partial charge in [0.2, 0.25) is 0 Å². The first-order chi connectivity index (χ1) is 5.24. The molecule has 0 unspecified atom stereocenters. The number of nitriles is 1. The number of carbonyl (C=O) groups is 1. The second-order valence-electron chi connectivity index (χ2n) is 2.00. The zero-order chi connectivity index (χ0) is 8.27. The van der Waals surface area contributed by atoms with Gasteiger partial charge in [-0.25, -0.2) is 4.79 Å². The van der Waals surface area contributed by atoms with Crippen LogP contribution in [-0.4, -0.2) is 40.6 Å². The summed E-state index contributed by atoms with van der Waals surface area (Å²) in [7, 11) is 0. The SMILES string of the molecule is N#Cc1cccc(C(=O)O)c1.[NaH]. The molecule has 1 rings (SSSR count). The molecule has 0 aliphatic rings. The van der Waals surface area contributed by atoms with Gasteiger partial charge in [0.15, 0.2) is 0 Å². The van der Waals surface area contributed by atoms with Gasteiger partial charge < -0.3 is 5.11 Å². The van der Waals surface area contributed by atoms with E-state index in [1.165, 1.54) is 12.1 Å². The van der Waals surface area contributed by atoms with Crippen molar-refractivity contribution < 1.29 is 9.90 Å². The maximum absolute atomic E-state index is 10.4. The van der Waals surface area contributed by atoms with E-state index in [1.54, 1.807) is 12.1 Å². The second-order valence-corrected chi connectivity index (χ2v) is 2.00. The average molecular weight is 171 g/mol. The Kier molecular flexibility index (Phi) is 4.60. The average Bonchev–Trinajstić information content (AvgIpc) is 2.05. The molecule has 0 aliphatic heterocycles. The molecule has 0 aliphatic carbocycles. The van der Waals surface area contributed by atoms with Crippen molar-refractivity contribution in [3.63, 3.8) is 0 Å². The van der Waals surface area contributed by atoms with Gasteiger partial charge in [0, 0.05) is 0 Å². The molecular weight excluding hydrogens is 165 g/mol. The van der Waals surface area contributed by atoms with Gasteiger partial charge in [0.1, 0.15) is 0 Å². The molecule has 0 radical (unpaired) electrons. The molecular formula is C8H6NNaO2. The van der Waals surface area contributed by atoms with Crippen molar-refractivity contribution in [3.8, 4) is 6.07 Å². The van der Waals surface area contributed by atoms with E-state index in [0.717, 1.165) is 0 Å². The Morgan fingerprint density at radius 2 is 2.17 bits per heavy atom. The van der Waals surface area contributed by atoms with E-state index in [2.05, 4.69) is 0 Å². The Morgan fingerprint density at radius 3 is 2.67 bits per heavy atom. The Hall–Kier alpha value is -0.820. The van der Waals surface area contributed by atoms with Crippen LogP contribution in [0.25, 0.3) is 0 Å². The third-order valence-corrected chi connectivity index (χ3v) is 1.24. The topological polar surface area (TPSA) is 61.1 Å². The van der Waals surface area contributed by atoms with Crippen molar-refractivity contribution in [1.29, 1.82) is 5.26 Å². The molecule has 1 N–H and O–H groups in total. The number of carboxylic acid groups (broad SMARTS) is 1. The van der Waals surface area contributed by atoms with Gasteiger partial charge in [-0.15, -0.1) is 0 Å². The summed E-state index contributed by atoms with van der Waals surface area (Å²) in [4.78, 5) is 10.4. The standard InChI is InChI=1S/C8H5NO2.Na.H/c9-5-6-2-1-3-7(4-6)8(10)11;;/h1-4H,(H,10,11);;. The minimum absolute atomic E-state index is 0. The van der Waals surface area contributed by atoms with Crippen molar-refractivity contribution in [3.05, 3.63) is 35.4 Å². The Labute approximate surface area is 91.9 Å². The summed E-state index contributed by atoms with van der Waals surface area (Å²) in [5, 5.41) is 16.9. The van der Waals surface area contributed by atoms with Gasteiger partial charge in [-0.1, -0.05) is 6.07 Å². The van der Waals surface area contributed by atoms with Crippen molar-refractivity contribution in [2.75, 3.05) is 0 Å². The zero-order valence-electron chi connectivity index (χ0n) is 5.61. The van der Waals surface area contributed by atoms with Gasteiger partial charge in [-0.2, -0.15) is 5.26 Å². The van der Waals surface area contributed by atoms with Crippen molar-refractivity contribution in [2.24, 2.45) is 0 Å². The summed E-state index contributed by atoms with van der Waals surface area (Å²) >= 11 is 0. The van der Waals surface area contributed by atoms with Crippen LogP contribution in [0.1, 0.15) is 15.9 Å². The minimum atomic E-state index is -1.01. The molecule has 4 heteroatoms. The first kappa shape index (κ1) is 11.2. The van der Waals surface area contributed by atoms with Gasteiger partial charge in [0.25, 0.3) is 0 Å². The molecule has 0 heterocycles. The molecule has 0 saturated heterocycles. The summed E-state index contributed by atoms with van der Waals surface area (Å²) in [6.07, 6.45) is 0. The van der Waals surface area contributed by atoms with Crippen molar-refractivity contribution >= 4 is 35.5 Å². The van der Waals surface area contributed by atoms with Crippen LogP contribution in [-0.2, 0) is 0 Å². The molecule has 1 aromatic carbocycles. The summed E-state index contributed by atoms with van der Waals surface area (Å²) in [5.74, 6) is -1.01. The number of rotatable bonds is 1. The Morgan fingerprint density at radius 1 is 1.50 bits per heavy atom. The summed E-state index contributed by atoms with van der Waals surface area (Å²) < 4.78 is 0. The van der Waals surface area contributed by atoms with Crippen LogP contribution < -0.4 is 0 Å². The Balaban J connectivity index is 0.00000121. The molecule has 0 amide bonds. The molecule has 0 aromatic heterocycles. The van der Waals surface area contributed by atoms with Crippen LogP contribution in [0.15, 0.2) is 24.3 Å². The fraction of sp³-hybridized carbons (Fsp3) is 0. The predicted molar refractivity (Wildman–Crippen MR) is 45.3 cm³/mol. The van der Waals surface area contributed by atoms with Crippen LogP contribution in [0.2, 0.25) is 0 Å². The summed E-state index contributed by atoms with van der Waals surface area (Å²) in [6.45, 7) is 0. The molecule has 0 bridgehead atoms. The molecule has 0 spiro atoms. The molecule has 0 fully saturated rings. The first-order valence-corrected chi connectivity index (χ1v) is 2.97. The van der Waals surface area contributed by atoms with Crippen LogP contribution >= 0.6 is 0 Å². The quantitative estimate of drug-likeness (QED) is 0.629. The third-order valence-electron chi connectivity index (χ3n) is 1.24. The van der Waals surface area contributed by atoms with Crippen molar-refractivity contribution in [1.82, 2.24) is 0 Å². The van der Waals surface area contributed by atoms with E-state index in [1.807, 2.05) is 6.07 Å². The van der Waals surface area contributed by atoms with Gasteiger partial charge in [0.05, 0.1) is 17.2 Å². The predicted octanol–water partition coefficient (Wildman–Crippen LogP) is 0.608.